The number of ether oxygens (including phenoxy) is 2. The summed E-state index contributed by atoms with van der Waals surface area (Å²) in [6.45, 7) is 4.12. The molecule has 0 aliphatic rings. The SMILES string of the molecule is COC(=O)CCCCCCCCCCCCCCC(C)C(C)C(=O)OC. The Bertz CT molecular complexity index is 354. The standard InChI is InChI=1S/C22H42O4/c1-19(20(2)22(24)26-4)17-15-13-11-9-7-5-6-8-10-12-14-16-18-21(23)25-3/h19-20H,5-18H2,1-4H3. The maximum atomic E-state index is 11.5. The molecule has 0 rings (SSSR count). The van der Waals surface area contributed by atoms with Crippen molar-refractivity contribution in [1.29, 1.82) is 0 Å². The van der Waals surface area contributed by atoms with Gasteiger partial charge in [0, 0.05) is 6.42 Å². The van der Waals surface area contributed by atoms with E-state index >= 15 is 0 Å². The fourth-order valence-electron chi connectivity index (χ4n) is 3.27. The van der Waals surface area contributed by atoms with Crippen LogP contribution in [0.5, 0.6) is 0 Å². The molecule has 0 heterocycles. The van der Waals surface area contributed by atoms with Crippen LogP contribution in [0.25, 0.3) is 0 Å². The number of carbonyl (C=O) groups excluding carboxylic acids is 2. The van der Waals surface area contributed by atoms with E-state index in [0.29, 0.717) is 12.3 Å². The van der Waals surface area contributed by atoms with E-state index in [1.807, 2.05) is 6.92 Å². The fourth-order valence-corrected chi connectivity index (χ4v) is 3.27. The lowest BCUT2D eigenvalue weighted by Crippen LogP contribution is -2.20. The van der Waals surface area contributed by atoms with Crippen molar-refractivity contribution in [1.82, 2.24) is 0 Å². The van der Waals surface area contributed by atoms with Gasteiger partial charge in [-0.3, -0.25) is 9.59 Å². The Kier molecular flexibility index (Phi) is 16.7. The zero-order valence-electron chi connectivity index (χ0n) is 17.7. The highest BCUT2D eigenvalue weighted by molar-refractivity contribution is 5.72. The normalized spacial score (nSPS) is 13.2. The summed E-state index contributed by atoms with van der Waals surface area (Å²) in [7, 11) is 2.92. The summed E-state index contributed by atoms with van der Waals surface area (Å²) in [6, 6.07) is 0. The second-order valence-electron chi connectivity index (χ2n) is 7.65. The third kappa shape index (κ3) is 14.1. The van der Waals surface area contributed by atoms with E-state index in [9.17, 15) is 9.59 Å². The molecule has 2 unspecified atom stereocenters. The minimum Gasteiger partial charge on any atom is -0.469 e. The summed E-state index contributed by atoms with van der Waals surface area (Å²) < 4.78 is 9.44. The van der Waals surface area contributed by atoms with Gasteiger partial charge < -0.3 is 9.47 Å². The van der Waals surface area contributed by atoms with Crippen LogP contribution >= 0.6 is 0 Å². The first-order chi connectivity index (χ1) is 12.5. The molecule has 0 aromatic rings. The van der Waals surface area contributed by atoms with E-state index in [0.717, 1.165) is 19.3 Å². The molecular weight excluding hydrogens is 328 g/mol. The molecule has 2 atom stereocenters. The zero-order valence-corrected chi connectivity index (χ0v) is 17.7. The van der Waals surface area contributed by atoms with Crippen molar-refractivity contribution in [3.8, 4) is 0 Å². The maximum Gasteiger partial charge on any atom is 0.308 e. The summed E-state index contributed by atoms with van der Waals surface area (Å²) in [5.41, 5.74) is 0. The van der Waals surface area contributed by atoms with E-state index in [1.165, 1.54) is 78.4 Å². The monoisotopic (exact) mass is 370 g/mol. The molecule has 0 aliphatic carbocycles. The van der Waals surface area contributed by atoms with Gasteiger partial charge in [-0.1, -0.05) is 84.5 Å². The molecule has 154 valence electrons. The molecule has 0 aromatic heterocycles. The van der Waals surface area contributed by atoms with Crippen molar-refractivity contribution < 1.29 is 19.1 Å². The van der Waals surface area contributed by atoms with Crippen LogP contribution in [-0.4, -0.2) is 26.2 Å². The van der Waals surface area contributed by atoms with Crippen molar-refractivity contribution in [2.75, 3.05) is 14.2 Å². The molecule has 26 heavy (non-hydrogen) atoms. The van der Waals surface area contributed by atoms with E-state index in [4.69, 9.17) is 4.74 Å². The summed E-state index contributed by atoms with van der Waals surface area (Å²) in [5.74, 6) is 0.258. The van der Waals surface area contributed by atoms with Crippen LogP contribution in [0, 0.1) is 11.8 Å². The van der Waals surface area contributed by atoms with Gasteiger partial charge >= 0.3 is 11.9 Å². The van der Waals surface area contributed by atoms with Crippen molar-refractivity contribution in [3.05, 3.63) is 0 Å². The number of rotatable bonds is 17. The topological polar surface area (TPSA) is 52.6 Å². The Labute approximate surface area is 161 Å². The third-order valence-electron chi connectivity index (χ3n) is 5.44. The highest BCUT2D eigenvalue weighted by Crippen LogP contribution is 2.20. The Balaban J connectivity index is 3.27. The number of carbonyl (C=O) groups is 2. The molecule has 0 aromatic carbocycles. The summed E-state index contributed by atoms with van der Waals surface area (Å²) in [4.78, 5) is 22.5. The van der Waals surface area contributed by atoms with Gasteiger partial charge in [0.25, 0.3) is 0 Å². The molecule has 0 saturated heterocycles. The summed E-state index contributed by atoms with van der Waals surface area (Å²) >= 11 is 0. The first-order valence-electron chi connectivity index (χ1n) is 10.7. The van der Waals surface area contributed by atoms with Gasteiger partial charge in [0.2, 0.25) is 0 Å². The maximum absolute atomic E-state index is 11.5. The van der Waals surface area contributed by atoms with Gasteiger partial charge in [0.15, 0.2) is 0 Å². The first-order valence-corrected chi connectivity index (χ1v) is 10.7. The van der Waals surface area contributed by atoms with Crippen LogP contribution in [0.4, 0.5) is 0 Å². The van der Waals surface area contributed by atoms with Crippen LogP contribution < -0.4 is 0 Å². The van der Waals surface area contributed by atoms with Gasteiger partial charge in [0.1, 0.15) is 0 Å². The molecule has 0 N–H and O–H groups in total. The van der Waals surface area contributed by atoms with Gasteiger partial charge in [-0.25, -0.2) is 0 Å². The molecule has 0 radical (unpaired) electrons. The predicted octanol–water partition coefficient (Wildman–Crippen LogP) is 6.07. The van der Waals surface area contributed by atoms with Gasteiger partial charge in [-0.2, -0.15) is 0 Å². The smallest absolute Gasteiger partial charge is 0.308 e. The second kappa shape index (κ2) is 17.4. The highest BCUT2D eigenvalue weighted by Gasteiger charge is 2.19. The van der Waals surface area contributed by atoms with Gasteiger partial charge in [0.05, 0.1) is 20.1 Å². The van der Waals surface area contributed by atoms with Gasteiger partial charge in [-0.05, 0) is 18.8 Å². The van der Waals surface area contributed by atoms with Crippen molar-refractivity contribution in [2.24, 2.45) is 11.8 Å². The zero-order chi connectivity index (χ0) is 19.6. The summed E-state index contributed by atoms with van der Waals surface area (Å²) in [5, 5.41) is 0. The second-order valence-corrected chi connectivity index (χ2v) is 7.65. The quantitative estimate of drug-likeness (QED) is 0.230. The lowest BCUT2D eigenvalue weighted by molar-refractivity contribution is -0.146. The number of hydrogen-bond acceptors (Lipinski definition) is 4. The molecule has 0 saturated carbocycles. The minimum atomic E-state index is -0.0857. The third-order valence-corrected chi connectivity index (χ3v) is 5.44. The van der Waals surface area contributed by atoms with Crippen LogP contribution in [0.2, 0.25) is 0 Å². The van der Waals surface area contributed by atoms with Crippen molar-refractivity contribution in [3.63, 3.8) is 0 Å². The average molecular weight is 371 g/mol. The van der Waals surface area contributed by atoms with Crippen molar-refractivity contribution >= 4 is 11.9 Å². The van der Waals surface area contributed by atoms with Crippen LogP contribution in [0.1, 0.15) is 104 Å². The van der Waals surface area contributed by atoms with Crippen LogP contribution in [-0.2, 0) is 19.1 Å². The van der Waals surface area contributed by atoms with E-state index in [2.05, 4.69) is 11.7 Å². The van der Waals surface area contributed by atoms with Crippen LogP contribution in [0.3, 0.4) is 0 Å². The lowest BCUT2D eigenvalue weighted by atomic mass is 9.90. The Hall–Kier alpha value is -1.06. The molecular formula is C22H42O4. The Morgan fingerprint density at radius 2 is 1.08 bits per heavy atom. The fraction of sp³-hybridized carbons (Fsp3) is 0.909. The molecule has 0 aliphatic heterocycles. The van der Waals surface area contributed by atoms with E-state index in [1.54, 1.807) is 0 Å². The minimum absolute atomic E-state index is 0.0143. The van der Waals surface area contributed by atoms with Crippen LogP contribution in [0.15, 0.2) is 0 Å². The lowest BCUT2D eigenvalue weighted by Gasteiger charge is -2.17. The number of esters is 2. The highest BCUT2D eigenvalue weighted by atomic mass is 16.5. The average Bonchev–Trinajstić information content (AvgIpc) is 2.66. The first kappa shape index (κ1) is 24.9. The predicted molar refractivity (Wildman–Crippen MR) is 107 cm³/mol. The molecule has 0 spiro atoms. The van der Waals surface area contributed by atoms with Gasteiger partial charge in [-0.15, -0.1) is 0 Å². The number of hydrogen-bond donors (Lipinski definition) is 0. The molecule has 0 fully saturated rings. The largest absolute Gasteiger partial charge is 0.469 e. The Morgan fingerprint density at radius 1 is 0.654 bits per heavy atom. The summed E-state index contributed by atoms with van der Waals surface area (Å²) in [6.07, 6.45) is 16.8. The van der Waals surface area contributed by atoms with E-state index in [-0.39, 0.29) is 17.9 Å². The Morgan fingerprint density at radius 3 is 1.50 bits per heavy atom. The number of methoxy groups -OCH3 is 2. The molecule has 0 bridgehead atoms. The molecule has 0 amide bonds. The van der Waals surface area contributed by atoms with Crippen molar-refractivity contribution in [2.45, 2.75) is 104 Å². The molecule has 4 heteroatoms. The molecule has 4 nitrogen and oxygen atoms in total. The van der Waals surface area contributed by atoms with E-state index < -0.39 is 0 Å². The number of unbranched alkanes of at least 4 members (excludes halogenated alkanes) is 11.